The van der Waals surface area contributed by atoms with Gasteiger partial charge < -0.3 is 15.3 Å². The maximum absolute atomic E-state index is 11.9. The number of nitrogens with one attached hydrogen (secondary N) is 1. The summed E-state index contributed by atoms with van der Waals surface area (Å²) in [5, 5.41) is 12.2. The lowest BCUT2D eigenvalue weighted by molar-refractivity contribution is -0.129. The number of carbonyl (C=O) groups excluding carboxylic acids is 2. The van der Waals surface area contributed by atoms with Crippen LogP contribution in [0.2, 0.25) is 0 Å². The molecule has 19 heavy (non-hydrogen) atoms. The normalized spacial score (nSPS) is 24.6. The van der Waals surface area contributed by atoms with E-state index >= 15 is 0 Å². The van der Waals surface area contributed by atoms with Gasteiger partial charge in [0.15, 0.2) is 0 Å². The molecule has 0 bridgehead atoms. The van der Waals surface area contributed by atoms with E-state index in [1.54, 1.807) is 0 Å². The largest absolute Gasteiger partial charge is 0.393 e. The first-order valence-corrected chi connectivity index (χ1v) is 7.33. The van der Waals surface area contributed by atoms with Crippen LogP contribution in [0.5, 0.6) is 0 Å². The zero-order chi connectivity index (χ0) is 13.8. The summed E-state index contributed by atoms with van der Waals surface area (Å²) in [6, 6.07) is 0. The van der Waals surface area contributed by atoms with E-state index in [0.29, 0.717) is 38.3 Å². The first-order valence-electron chi connectivity index (χ1n) is 7.33. The van der Waals surface area contributed by atoms with Crippen molar-refractivity contribution in [3.05, 3.63) is 0 Å². The molecule has 0 aromatic rings. The summed E-state index contributed by atoms with van der Waals surface area (Å²) in [6.07, 6.45) is 3.71. The number of rotatable bonds is 7. The molecule has 2 aliphatic rings. The molecule has 2 fully saturated rings. The van der Waals surface area contributed by atoms with Crippen LogP contribution >= 0.6 is 0 Å². The molecule has 2 atom stereocenters. The predicted molar refractivity (Wildman–Crippen MR) is 71.3 cm³/mol. The fraction of sp³-hybridized carbons (Fsp3) is 0.857. The summed E-state index contributed by atoms with van der Waals surface area (Å²) in [4.78, 5) is 25.6. The van der Waals surface area contributed by atoms with Gasteiger partial charge in [-0.15, -0.1) is 0 Å². The zero-order valence-corrected chi connectivity index (χ0v) is 11.6. The average molecular weight is 268 g/mol. The molecule has 2 rings (SSSR count). The second kappa shape index (κ2) is 6.37. The Morgan fingerprint density at radius 3 is 2.89 bits per heavy atom. The Hall–Kier alpha value is -1.10. The van der Waals surface area contributed by atoms with Crippen molar-refractivity contribution in [3.63, 3.8) is 0 Å². The predicted octanol–water partition coefficient (Wildman–Crippen LogP) is 0.522. The van der Waals surface area contributed by atoms with Crippen molar-refractivity contribution in [3.8, 4) is 0 Å². The molecule has 2 unspecified atom stereocenters. The molecule has 2 N–H and O–H groups in total. The van der Waals surface area contributed by atoms with Crippen molar-refractivity contribution in [2.75, 3.05) is 19.6 Å². The van der Waals surface area contributed by atoms with Crippen LogP contribution in [-0.2, 0) is 9.59 Å². The minimum absolute atomic E-state index is 0.0463. The average Bonchev–Trinajstić information content (AvgIpc) is 3.13. The van der Waals surface area contributed by atoms with Gasteiger partial charge in [-0.1, -0.05) is 6.92 Å². The van der Waals surface area contributed by atoms with E-state index < -0.39 is 0 Å². The van der Waals surface area contributed by atoms with Gasteiger partial charge in [0, 0.05) is 26.1 Å². The second-order valence-electron chi connectivity index (χ2n) is 5.78. The van der Waals surface area contributed by atoms with Gasteiger partial charge in [0.05, 0.1) is 12.0 Å². The summed E-state index contributed by atoms with van der Waals surface area (Å²) < 4.78 is 0. The van der Waals surface area contributed by atoms with E-state index in [4.69, 9.17) is 0 Å². The fourth-order valence-electron chi connectivity index (χ4n) is 2.45. The number of aliphatic hydroxyl groups excluding tert-OH is 1. The molecule has 0 aromatic heterocycles. The molecular formula is C14H24N2O3. The number of hydrogen-bond donors (Lipinski definition) is 2. The van der Waals surface area contributed by atoms with Gasteiger partial charge in [-0.3, -0.25) is 9.59 Å². The van der Waals surface area contributed by atoms with E-state index in [9.17, 15) is 14.7 Å². The fourth-order valence-corrected chi connectivity index (χ4v) is 2.45. The summed E-state index contributed by atoms with van der Waals surface area (Å²) >= 11 is 0. The van der Waals surface area contributed by atoms with Crippen LogP contribution in [0.25, 0.3) is 0 Å². The van der Waals surface area contributed by atoms with Crippen LogP contribution in [0.15, 0.2) is 0 Å². The van der Waals surface area contributed by atoms with Crippen LogP contribution in [-0.4, -0.2) is 47.6 Å². The van der Waals surface area contributed by atoms with Crippen molar-refractivity contribution in [2.24, 2.45) is 11.8 Å². The minimum atomic E-state index is -0.350. The molecule has 1 saturated heterocycles. The molecule has 1 heterocycles. The van der Waals surface area contributed by atoms with Gasteiger partial charge in [-0.05, 0) is 31.6 Å². The first kappa shape index (κ1) is 14.3. The number of likely N-dealkylation sites (tertiary alicyclic amines) is 1. The van der Waals surface area contributed by atoms with Crippen LogP contribution in [0, 0.1) is 11.8 Å². The molecule has 0 spiro atoms. The first-order chi connectivity index (χ1) is 9.10. The smallest absolute Gasteiger partial charge is 0.225 e. The Bertz CT molecular complexity index is 342. The van der Waals surface area contributed by atoms with E-state index in [2.05, 4.69) is 5.32 Å². The van der Waals surface area contributed by atoms with Crippen LogP contribution in [0.3, 0.4) is 0 Å². The van der Waals surface area contributed by atoms with E-state index in [-0.39, 0.29) is 23.8 Å². The number of nitrogens with zero attached hydrogens (tertiary/aromatic N) is 1. The highest BCUT2D eigenvalue weighted by atomic mass is 16.3. The van der Waals surface area contributed by atoms with Crippen molar-refractivity contribution < 1.29 is 14.7 Å². The number of amides is 2. The van der Waals surface area contributed by atoms with Crippen molar-refractivity contribution >= 4 is 11.8 Å². The maximum Gasteiger partial charge on any atom is 0.225 e. The van der Waals surface area contributed by atoms with Crippen LogP contribution < -0.4 is 5.32 Å². The highest BCUT2D eigenvalue weighted by Crippen LogP contribution is 2.31. The third-order valence-corrected chi connectivity index (χ3v) is 4.01. The summed E-state index contributed by atoms with van der Waals surface area (Å²) in [5.41, 5.74) is 0. The van der Waals surface area contributed by atoms with E-state index in [1.807, 2.05) is 11.8 Å². The molecule has 0 radical (unpaired) electrons. The standard InChI is InChI=1S/C14H24N2O3/c1-2-12(17)5-6-15-14(19)11-7-13(18)16(9-11)8-10-3-4-10/h10-12,17H,2-9H2,1H3,(H,15,19). The molecule has 1 aliphatic heterocycles. The molecule has 1 saturated carbocycles. The Kier molecular flexibility index (Phi) is 4.80. The van der Waals surface area contributed by atoms with Crippen molar-refractivity contribution in [1.29, 1.82) is 0 Å². The third-order valence-electron chi connectivity index (χ3n) is 4.01. The molecule has 0 aromatic carbocycles. The quantitative estimate of drug-likeness (QED) is 0.707. The van der Waals surface area contributed by atoms with Crippen molar-refractivity contribution in [1.82, 2.24) is 10.2 Å². The number of hydrogen-bond acceptors (Lipinski definition) is 3. The molecular weight excluding hydrogens is 244 g/mol. The van der Waals surface area contributed by atoms with Gasteiger partial charge in [-0.25, -0.2) is 0 Å². The van der Waals surface area contributed by atoms with Gasteiger partial charge in [0.2, 0.25) is 11.8 Å². The van der Waals surface area contributed by atoms with E-state index in [0.717, 1.165) is 6.54 Å². The molecule has 5 heteroatoms. The van der Waals surface area contributed by atoms with Gasteiger partial charge in [0.25, 0.3) is 0 Å². The summed E-state index contributed by atoms with van der Waals surface area (Å²) in [5.74, 6) is 0.533. The molecule has 2 amide bonds. The second-order valence-corrected chi connectivity index (χ2v) is 5.78. The summed E-state index contributed by atoms with van der Waals surface area (Å²) in [6.45, 7) is 3.80. The monoisotopic (exact) mass is 268 g/mol. The van der Waals surface area contributed by atoms with Crippen molar-refractivity contribution in [2.45, 2.75) is 45.1 Å². The SMILES string of the molecule is CCC(O)CCNC(=O)C1CC(=O)N(CC2CC2)C1. The lowest BCUT2D eigenvalue weighted by Gasteiger charge is -2.16. The van der Waals surface area contributed by atoms with E-state index in [1.165, 1.54) is 12.8 Å². The minimum Gasteiger partial charge on any atom is -0.393 e. The lowest BCUT2D eigenvalue weighted by atomic mass is 10.1. The van der Waals surface area contributed by atoms with Gasteiger partial charge >= 0.3 is 0 Å². The molecule has 1 aliphatic carbocycles. The Morgan fingerprint density at radius 1 is 1.53 bits per heavy atom. The number of aliphatic hydroxyl groups is 1. The van der Waals surface area contributed by atoms with Gasteiger partial charge in [0.1, 0.15) is 0 Å². The van der Waals surface area contributed by atoms with Gasteiger partial charge in [-0.2, -0.15) is 0 Å². The topological polar surface area (TPSA) is 69.6 Å². The van der Waals surface area contributed by atoms with Crippen LogP contribution in [0.4, 0.5) is 0 Å². The molecule has 108 valence electrons. The molecule has 5 nitrogen and oxygen atoms in total. The Morgan fingerprint density at radius 2 is 2.26 bits per heavy atom. The van der Waals surface area contributed by atoms with Crippen LogP contribution in [0.1, 0.15) is 39.0 Å². The zero-order valence-electron chi connectivity index (χ0n) is 11.6. The Labute approximate surface area is 114 Å². The lowest BCUT2D eigenvalue weighted by Crippen LogP contribution is -2.34. The maximum atomic E-state index is 11.9. The third kappa shape index (κ3) is 4.20. The highest BCUT2D eigenvalue weighted by Gasteiger charge is 2.36. The Balaban J connectivity index is 1.69. The number of carbonyl (C=O) groups is 2. The highest BCUT2D eigenvalue weighted by molar-refractivity contribution is 5.89. The summed E-state index contributed by atoms with van der Waals surface area (Å²) in [7, 11) is 0.